The number of anilines is 1. The van der Waals surface area contributed by atoms with E-state index in [1.165, 1.54) is 0 Å². The first-order valence-electron chi connectivity index (χ1n) is 5.24. The molecule has 1 unspecified atom stereocenters. The highest BCUT2D eigenvalue weighted by Crippen LogP contribution is 2.28. The van der Waals surface area contributed by atoms with Crippen molar-refractivity contribution in [2.75, 3.05) is 5.73 Å². The highest BCUT2D eigenvalue weighted by atomic mass is 79.9. The molecule has 0 aliphatic rings. The molecule has 17 heavy (non-hydrogen) atoms. The molecular formula is C13H13BrN2O. The van der Waals surface area contributed by atoms with Crippen molar-refractivity contribution < 1.29 is 5.11 Å². The van der Waals surface area contributed by atoms with E-state index in [0.717, 1.165) is 15.6 Å². The minimum absolute atomic E-state index is 0.358. The molecule has 0 aliphatic heterocycles. The van der Waals surface area contributed by atoms with E-state index in [1.807, 2.05) is 25.1 Å². The van der Waals surface area contributed by atoms with Crippen LogP contribution in [0.3, 0.4) is 0 Å². The van der Waals surface area contributed by atoms with Gasteiger partial charge in [0, 0.05) is 16.2 Å². The number of nitrogen functional groups attached to an aromatic ring is 1. The number of aliphatic hydroxyl groups is 1. The Morgan fingerprint density at radius 3 is 2.76 bits per heavy atom. The van der Waals surface area contributed by atoms with Gasteiger partial charge >= 0.3 is 0 Å². The van der Waals surface area contributed by atoms with Crippen molar-refractivity contribution in [1.29, 1.82) is 0 Å². The molecule has 88 valence electrons. The molecule has 2 rings (SSSR count). The maximum Gasteiger partial charge on any atom is 0.129 e. The largest absolute Gasteiger partial charge is 0.384 e. The van der Waals surface area contributed by atoms with E-state index in [0.29, 0.717) is 11.4 Å². The van der Waals surface area contributed by atoms with E-state index in [-0.39, 0.29) is 0 Å². The number of aromatic nitrogens is 1. The lowest BCUT2D eigenvalue weighted by Crippen LogP contribution is -2.05. The maximum atomic E-state index is 10.2. The molecule has 0 saturated heterocycles. The number of nitrogens with zero attached hydrogens (tertiary/aromatic N) is 1. The minimum Gasteiger partial charge on any atom is -0.384 e. The molecule has 0 amide bonds. The van der Waals surface area contributed by atoms with Crippen molar-refractivity contribution in [2.24, 2.45) is 0 Å². The predicted molar refractivity (Wildman–Crippen MR) is 71.6 cm³/mol. The van der Waals surface area contributed by atoms with Crippen LogP contribution in [-0.4, -0.2) is 10.1 Å². The zero-order valence-corrected chi connectivity index (χ0v) is 11.0. The second-order valence-corrected chi connectivity index (χ2v) is 4.74. The fraction of sp³-hybridized carbons (Fsp3) is 0.154. The maximum absolute atomic E-state index is 10.2. The van der Waals surface area contributed by atoms with Gasteiger partial charge in [0.15, 0.2) is 0 Å². The topological polar surface area (TPSA) is 59.1 Å². The molecule has 1 heterocycles. The Labute approximate surface area is 108 Å². The predicted octanol–water partition coefficient (Wildman–Crippen LogP) is 2.82. The van der Waals surface area contributed by atoms with Crippen molar-refractivity contribution in [1.82, 2.24) is 4.98 Å². The van der Waals surface area contributed by atoms with E-state index >= 15 is 0 Å². The first-order valence-corrected chi connectivity index (χ1v) is 6.03. The summed E-state index contributed by atoms with van der Waals surface area (Å²) in [6.07, 6.45) is 0.858. The van der Waals surface area contributed by atoms with Crippen LogP contribution in [0.4, 0.5) is 5.82 Å². The summed E-state index contributed by atoms with van der Waals surface area (Å²) in [4.78, 5) is 3.97. The summed E-state index contributed by atoms with van der Waals surface area (Å²) in [5, 5.41) is 10.2. The van der Waals surface area contributed by atoms with Crippen LogP contribution in [0.2, 0.25) is 0 Å². The van der Waals surface area contributed by atoms with Crippen molar-refractivity contribution in [2.45, 2.75) is 13.0 Å². The van der Waals surface area contributed by atoms with E-state index < -0.39 is 6.10 Å². The number of halogens is 1. The summed E-state index contributed by atoms with van der Waals surface area (Å²) >= 11 is 3.45. The van der Waals surface area contributed by atoms with Crippen LogP contribution < -0.4 is 5.73 Å². The van der Waals surface area contributed by atoms with Crippen LogP contribution in [0, 0.1) is 6.92 Å². The summed E-state index contributed by atoms with van der Waals surface area (Å²) in [7, 11) is 0. The molecule has 1 aromatic carbocycles. The van der Waals surface area contributed by atoms with Gasteiger partial charge < -0.3 is 10.8 Å². The Morgan fingerprint density at radius 2 is 2.12 bits per heavy atom. The third-order valence-electron chi connectivity index (χ3n) is 2.68. The summed E-state index contributed by atoms with van der Waals surface area (Å²) in [6.45, 7) is 2.00. The average Bonchev–Trinajstić information content (AvgIpc) is 2.32. The molecule has 0 bridgehead atoms. The summed E-state index contributed by atoms with van der Waals surface area (Å²) in [5.74, 6) is 0.358. The Bertz CT molecular complexity index is 543. The third-order valence-corrected chi connectivity index (χ3v) is 3.53. The Morgan fingerprint density at radius 1 is 1.35 bits per heavy atom. The van der Waals surface area contributed by atoms with Gasteiger partial charge in [-0.05, 0) is 30.2 Å². The van der Waals surface area contributed by atoms with Crippen LogP contribution in [0.5, 0.6) is 0 Å². The number of benzene rings is 1. The van der Waals surface area contributed by atoms with Gasteiger partial charge in [-0.2, -0.15) is 0 Å². The number of nitrogens with two attached hydrogens (primary N) is 1. The normalized spacial score (nSPS) is 12.4. The molecule has 0 radical (unpaired) electrons. The molecule has 2 aromatic rings. The van der Waals surface area contributed by atoms with Crippen LogP contribution in [0.1, 0.15) is 22.8 Å². The second-order valence-electron chi connectivity index (χ2n) is 3.89. The molecule has 1 atom stereocenters. The van der Waals surface area contributed by atoms with Crippen LogP contribution in [-0.2, 0) is 0 Å². The van der Waals surface area contributed by atoms with Gasteiger partial charge in [0.05, 0.1) is 0 Å². The lowest BCUT2D eigenvalue weighted by Gasteiger charge is -2.13. The summed E-state index contributed by atoms with van der Waals surface area (Å²) in [5.41, 5.74) is 8.29. The number of aryl methyl sites for hydroxylation is 1. The van der Waals surface area contributed by atoms with E-state index in [9.17, 15) is 5.11 Å². The smallest absolute Gasteiger partial charge is 0.129 e. The summed E-state index contributed by atoms with van der Waals surface area (Å²) in [6, 6.07) is 9.28. The van der Waals surface area contributed by atoms with Gasteiger partial charge in [-0.1, -0.05) is 34.1 Å². The SMILES string of the molecule is Cc1ccc(C(O)c2cccnc2N)cc1Br. The van der Waals surface area contributed by atoms with Gasteiger partial charge in [-0.3, -0.25) is 0 Å². The molecule has 0 spiro atoms. The quantitative estimate of drug-likeness (QED) is 0.895. The molecule has 0 saturated carbocycles. The van der Waals surface area contributed by atoms with Crippen LogP contribution >= 0.6 is 15.9 Å². The number of aliphatic hydroxyl groups excluding tert-OH is 1. The van der Waals surface area contributed by atoms with Gasteiger partial charge in [0.2, 0.25) is 0 Å². The lowest BCUT2D eigenvalue weighted by atomic mass is 10.0. The average molecular weight is 293 g/mol. The zero-order valence-electron chi connectivity index (χ0n) is 9.39. The fourth-order valence-electron chi connectivity index (χ4n) is 1.62. The third kappa shape index (κ3) is 2.48. The van der Waals surface area contributed by atoms with Gasteiger partial charge in [0.1, 0.15) is 11.9 Å². The number of hydrogen-bond acceptors (Lipinski definition) is 3. The molecular weight excluding hydrogens is 280 g/mol. The number of pyridine rings is 1. The monoisotopic (exact) mass is 292 g/mol. The van der Waals surface area contributed by atoms with E-state index in [1.54, 1.807) is 18.3 Å². The Kier molecular flexibility index (Phi) is 3.45. The molecule has 4 heteroatoms. The van der Waals surface area contributed by atoms with Crippen LogP contribution in [0.25, 0.3) is 0 Å². The van der Waals surface area contributed by atoms with Crippen molar-refractivity contribution in [3.8, 4) is 0 Å². The molecule has 3 nitrogen and oxygen atoms in total. The second kappa shape index (κ2) is 4.85. The van der Waals surface area contributed by atoms with Crippen LogP contribution in [0.15, 0.2) is 41.0 Å². The lowest BCUT2D eigenvalue weighted by molar-refractivity contribution is 0.220. The summed E-state index contributed by atoms with van der Waals surface area (Å²) < 4.78 is 0.969. The molecule has 0 fully saturated rings. The van der Waals surface area contributed by atoms with Crippen molar-refractivity contribution in [3.63, 3.8) is 0 Å². The first kappa shape index (κ1) is 12.1. The zero-order chi connectivity index (χ0) is 12.4. The molecule has 0 aliphatic carbocycles. The molecule has 3 N–H and O–H groups in total. The Balaban J connectivity index is 2.40. The Hall–Kier alpha value is -1.39. The number of rotatable bonds is 2. The van der Waals surface area contributed by atoms with Gasteiger partial charge in [0.25, 0.3) is 0 Å². The highest BCUT2D eigenvalue weighted by molar-refractivity contribution is 9.10. The fourth-order valence-corrected chi connectivity index (χ4v) is 2.02. The van der Waals surface area contributed by atoms with Gasteiger partial charge in [-0.15, -0.1) is 0 Å². The van der Waals surface area contributed by atoms with E-state index in [2.05, 4.69) is 20.9 Å². The molecule has 1 aromatic heterocycles. The van der Waals surface area contributed by atoms with E-state index in [4.69, 9.17) is 5.73 Å². The van der Waals surface area contributed by atoms with Crippen molar-refractivity contribution in [3.05, 3.63) is 57.7 Å². The van der Waals surface area contributed by atoms with Gasteiger partial charge in [-0.25, -0.2) is 4.98 Å². The standard InChI is InChI=1S/C13H13BrN2O/c1-8-4-5-9(7-11(8)14)12(17)10-3-2-6-16-13(10)15/h2-7,12,17H,1H3,(H2,15,16). The first-order chi connectivity index (χ1) is 8.09. The number of hydrogen-bond donors (Lipinski definition) is 2. The van der Waals surface area contributed by atoms with Crippen molar-refractivity contribution >= 4 is 21.7 Å². The highest BCUT2D eigenvalue weighted by Gasteiger charge is 2.14. The minimum atomic E-state index is -0.749.